The molecule has 3 rings (SSSR count). The Morgan fingerprint density at radius 1 is 1.08 bits per heavy atom. The van der Waals surface area contributed by atoms with E-state index in [4.69, 9.17) is 0 Å². The van der Waals surface area contributed by atoms with Crippen molar-refractivity contribution in [1.29, 1.82) is 0 Å². The van der Waals surface area contributed by atoms with E-state index in [1.165, 1.54) is 11.3 Å². The zero-order valence-electron chi connectivity index (χ0n) is 13.4. The third-order valence-corrected chi connectivity index (χ3v) is 5.00. The molecule has 0 aliphatic rings. The maximum atomic E-state index is 12.0. The van der Waals surface area contributed by atoms with Crippen molar-refractivity contribution < 1.29 is 9.59 Å². The largest absolute Gasteiger partial charge is 0.352 e. The maximum Gasteiger partial charge on any atom is 0.252 e. The molecular weight excluding hydrogens is 354 g/mol. The molecule has 2 heterocycles. The van der Waals surface area contributed by atoms with Gasteiger partial charge in [0, 0.05) is 46.7 Å². The summed E-state index contributed by atoms with van der Waals surface area (Å²) in [6.07, 6.45) is 2.73. The third kappa shape index (κ3) is 4.98. The number of carbonyl (C=O) groups is 2. The van der Waals surface area contributed by atoms with E-state index in [9.17, 15) is 9.59 Å². The van der Waals surface area contributed by atoms with Crippen molar-refractivity contribution in [1.82, 2.24) is 10.3 Å². The van der Waals surface area contributed by atoms with Gasteiger partial charge in [0.1, 0.15) is 5.01 Å². The summed E-state index contributed by atoms with van der Waals surface area (Å²) in [4.78, 5) is 28.0. The van der Waals surface area contributed by atoms with Crippen molar-refractivity contribution in [2.75, 3.05) is 11.9 Å². The number of nitrogens with one attached hydrogen (secondary N) is 2. The highest BCUT2D eigenvalue weighted by atomic mass is 32.1. The fourth-order valence-electron chi connectivity index (χ4n) is 2.23. The van der Waals surface area contributed by atoms with Gasteiger partial charge in [-0.1, -0.05) is 0 Å². The summed E-state index contributed by atoms with van der Waals surface area (Å²) in [5, 5.41) is 12.2. The van der Waals surface area contributed by atoms with Gasteiger partial charge in [0.05, 0.1) is 0 Å². The Morgan fingerprint density at radius 3 is 2.60 bits per heavy atom. The summed E-state index contributed by atoms with van der Waals surface area (Å²) >= 11 is 3.06. The lowest BCUT2D eigenvalue weighted by molar-refractivity contribution is -0.116. The van der Waals surface area contributed by atoms with Crippen LogP contribution in [0.25, 0.3) is 10.6 Å². The van der Waals surface area contributed by atoms with E-state index in [1.807, 2.05) is 35.0 Å². The first-order valence-electron chi connectivity index (χ1n) is 7.82. The van der Waals surface area contributed by atoms with Crippen LogP contribution in [0.2, 0.25) is 0 Å². The quantitative estimate of drug-likeness (QED) is 0.616. The topological polar surface area (TPSA) is 71.1 Å². The van der Waals surface area contributed by atoms with Crippen LogP contribution in [0.1, 0.15) is 23.2 Å². The van der Waals surface area contributed by atoms with Crippen molar-refractivity contribution in [3.8, 4) is 10.6 Å². The molecule has 0 bridgehead atoms. The molecule has 1 aromatic carbocycles. The van der Waals surface area contributed by atoms with Gasteiger partial charge in [0.2, 0.25) is 5.91 Å². The van der Waals surface area contributed by atoms with Crippen molar-refractivity contribution in [2.45, 2.75) is 12.8 Å². The predicted octanol–water partition coefficient (Wildman–Crippen LogP) is 4.02. The molecule has 2 amide bonds. The molecule has 0 aliphatic carbocycles. The molecule has 5 nitrogen and oxygen atoms in total. The second-order valence-corrected chi connectivity index (χ2v) is 7.01. The van der Waals surface area contributed by atoms with Crippen LogP contribution in [-0.2, 0) is 4.79 Å². The minimum Gasteiger partial charge on any atom is -0.352 e. The van der Waals surface area contributed by atoms with Gasteiger partial charge in [-0.25, -0.2) is 4.98 Å². The Kier molecular flexibility index (Phi) is 5.92. The van der Waals surface area contributed by atoms with Gasteiger partial charge in [-0.15, -0.1) is 11.3 Å². The first-order chi connectivity index (χ1) is 12.2. The van der Waals surface area contributed by atoms with Gasteiger partial charge in [0.25, 0.3) is 5.91 Å². The number of benzene rings is 1. The number of anilines is 1. The second kappa shape index (κ2) is 8.55. The van der Waals surface area contributed by atoms with Crippen LogP contribution in [0.3, 0.4) is 0 Å². The van der Waals surface area contributed by atoms with E-state index < -0.39 is 0 Å². The van der Waals surface area contributed by atoms with E-state index in [1.54, 1.807) is 29.0 Å². The SMILES string of the molecule is O=C(CCCNC(=O)c1ccsc1)Nc1ccc(-c2nccs2)cc1. The zero-order valence-corrected chi connectivity index (χ0v) is 15.0. The van der Waals surface area contributed by atoms with Crippen LogP contribution >= 0.6 is 22.7 Å². The number of rotatable bonds is 7. The van der Waals surface area contributed by atoms with E-state index in [-0.39, 0.29) is 11.8 Å². The molecule has 0 atom stereocenters. The summed E-state index contributed by atoms with van der Waals surface area (Å²) in [6.45, 7) is 0.477. The van der Waals surface area contributed by atoms with E-state index >= 15 is 0 Å². The van der Waals surface area contributed by atoms with Crippen LogP contribution in [0.5, 0.6) is 0 Å². The number of hydrogen-bond acceptors (Lipinski definition) is 5. The van der Waals surface area contributed by atoms with Crippen LogP contribution in [0, 0.1) is 0 Å². The standard InChI is InChI=1S/C18H17N3O2S2/c22-16(2-1-8-19-17(23)14-7-10-24-12-14)21-15-5-3-13(4-6-15)18-20-9-11-25-18/h3-7,9-12H,1-2,8H2,(H,19,23)(H,21,22). The second-order valence-electron chi connectivity index (χ2n) is 5.33. The molecule has 25 heavy (non-hydrogen) atoms. The number of hydrogen-bond donors (Lipinski definition) is 2. The Balaban J connectivity index is 1.40. The molecular formula is C18H17N3O2S2. The van der Waals surface area contributed by atoms with Crippen molar-refractivity contribution in [3.05, 3.63) is 58.2 Å². The summed E-state index contributed by atoms with van der Waals surface area (Å²) in [5.74, 6) is -0.161. The van der Waals surface area contributed by atoms with Crippen molar-refractivity contribution in [2.24, 2.45) is 0 Å². The Labute approximate surface area is 153 Å². The van der Waals surface area contributed by atoms with E-state index in [0.717, 1.165) is 16.3 Å². The number of amides is 2. The van der Waals surface area contributed by atoms with Crippen molar-refractivity contribution in [3.63, 3.8) is 0 Å². The monoisotopic (exact) mass is 371 g/mol. The molecule has 0 saturated carbocycles. The molecule has 0 fully saturated rings. The highest BCUT2D eigenvalue weighted by molar-refractivity contribution is 7.13. The molecule has 0 aliphatic heterocycles. The normalized spacial score (nSPS) is 10.4. The number of thiophene rings is 1. The lowest BCUT2D eigenvalue weighted by atomic mass is 10.2. The number of nitrogens with zero attached hydrogens (tertiary/aromatic N) is 1. The lowest BCUT2D eigenvalue weighted by Crippen LogP contribution is -2.25. The molecule has 0 radical (unpaired) electrons. The minimum atomic E-state index is -0.0977. The smallest absolute Gasteiger partial charge is 0.252 e. The Morgan fingerprint density at radius 2 is 1.92 bits per heavy atom. The molecule has 2 N–H and O–H groups in total. The van der Waals surface area contributed by atoms with E-state index in [0.29, 0.717) is 24.9 Å². The van der Waals surface area contributed by atoms with Gasteiger partial charge in [-0.05, 0) is 42.1 Å². The lowest BCUT2D eigenvalue weighted by Gasteiger charge is -2.07. The van der Waals surface area contributed by atoms with Crippen LogP contribution < -0.4 is 10.6 Å². The Hall–Kier alpha value is -2.51. The fourth-order valence-corrected chi connectivity index (χ4v) is 3.51. The van der Waals surface area contributed by atoms with Gasteiger partial charge in [-0.2, -0.15) is 11.3 Å². The first kappa shape index (κ1) is 17.3. The minimum absolute atomic E-state index is 0.0632. The van der Waals surface area contributed by atoms with Gasteiger partial charge in [0.15, 0.2) is 0 Å². The van der Waals surface area contributed by atoms with Crippen LogP contribution in [0.15, 0.2) is 52.7 Å². The fraction of sp³-hybridized carbons (Fsp3) is 0.167. The molecule has 128 valence electrons. The molecule has 7 heteroatoms. The summed E-state index contributed by atoms with van der Waals surface area (Å²) in [7, 11) is 0. The van der Waals surface area contributed by atoms with Gasteiger partial charge in [-0.3, -0.25) is 9.59 Å². The average molecular weight is 371 g/mol. The predicted molar refractivity (Wildman–Crippen MR) is 102 cm³/mol. The average Bonchev–Trinajstić information content (AvgIpc) is 3.32. The molecule has 0 unspecified atom stereocenters. The van der Waals surface area contributed by atoms with E-state index in [2.05, 4.69) is 15.6 Å². The molecule has 3 aromatic rings. The van der Waals surface area contributed by atoms with Gasteiger partial charge < -0.3 is 10.6 Å². The highest BCUT2D eigenvalue weighted by Crippen LogP contribution is 2.23. The van der Waals surface area contributed by atoms with Crippen LogP contribution in [0.4, 0.5) is 5.69 Å². The van der Waals surface area contributed by atoms with Gasteiger partial charge >= 0.3 is 0 Å². The number of carbonyl (C=O) groups excluding carboxylic acids is 2. The third-order valence-electron chi connectivity index (χ3n) is 3.50. The van der Waals surface area contributed by atoms with Crippen molar-refractivity contribution >= 4 is 40.2 Å². The van der Waals surface area contributed by atoms with Crippen LogP contribution in [-0.4, -0.2) is 23.3 Å². The zero-order chi connectivity index (χ0) is 17.5. The molecule has 2 aromatic heterocycles. The number of aromatic nitrogens is 1. The first-order valence-corrected chi connectivity index (χ1v) is 9.65. The summed E-state index contributed by atoms with van der Waals surface area (Å²) < 4.78 is 0. The summed E-state index contributed by atoms with van der Waals surface area (Å²) in [6, 6.07) is 9.40. The summed E-state index contributed by atoms with van der Waals surface area (Å²) in [5.41, 5.74) is 2.45. The number of thiazole rings is 1. The molecule has 0 spiro atoms. The molecule has 0 saturated heterocycles. The highest BCUT2D eigenvalue weighted by Gasteiger charge is 2.07. The Bertz CT molecular complexity index is 813. The maximum absolute atomic E-state index is 12.0.